The Morgan fingerprint density at radius 3 is 1.67 bits per heavy atom. The van der Waals surface area contributed by atoms with E-state index in [0.29, 0.717) is 31.6 Å². The van der Waals surface area contributed by atoms with Gasteiger partial charge in [0.15, 0.2) is 0 Å². The van der Waals surface area contributed by atoms with E-state index in [1.807, 2.05) is 13.8 Å². The number of carbonyl (C=O) groups excluding carboxylic acids is 1. The largest absolute Gasteiger partial charge is 0.458 e. The van der Waals surface area contributed by atoms with Gasteiger partial charge in [-0.15, -0.1) is 0 Å². The predicted octanol–water partition coefficient (Wildman–Crippen LogP) is 5.94. The molecular weight excluding hydrogens is 491 g/mol. The maximum atomic E-state index is 13.2. The molecule has 0 heterocycles. The number of halogens is 1. The molecule has 30 heavy (non-hydrogen) atoms. The first-order chi connectivity index (χ1) is 13.8. The van der Waals surface area contributed by atoms with Gasteiger partial charge in [0.2, 0.25) is 0 Å². The Morgan fingerprint density at radius 2 is 1.30 bits per heavy atom. The Hall–Kier alpha value is 0.120. The quantitative estimate of drug-likeness (QED) is 0.218. The molecule has 4 nitrogen and oxygen atoms in total. The molecule has 0 radical (unpaired) electrons. The van der Waals surface area contributed by atoms with E-state index in [0.717, 1.165) is 44.9 Å². The highest BCUT2D eigenvalue weighted by molar-refractivity contribution is 14.1. The first-order valence-corrected chi connectivity index (χ1v) is 13.3. The Kier molecular flexibility index (Phi) is 6.49. The van der Waals surface area contributed by atoms with Crippen molar-refractivity contribution in [2.75, 3.05) is 0 Å². The summed E-state index contributed by atoms with van der Waals surface area (Å²) < 4.78 is 5.91. The Morgan fingerprint density at radius 1 is 0.867 bits per heavy atom. The summed E-state index contributed by atoms with van der Waals surface area (Å²) in [4.78, 5) is 13.2. The van der Waals surface area contributed by atoms with Gasteiger partial charge in [-0.2, -0.15) is 0 Å². The van der Waals surface area contributed by atoms with E-state index >= 15 is 0 Å². The molecule has 4 fully saturated rings. The van der Waals surface area contributed by atoms with Crippen LogP contribution in [0.1, 0.15) is 112 Å². The molecule has 0 aromatic heterocycles. The van der Waals surface area contributed by atoms with Gasteiger partial charge in [-0.25, -0.2) is 0 Å². The molecule has 4 aliphatic carbocycles. The standard InChI is InChI=1S/C25H43IO4/c1-7-20(6,26)19(27)30-23-14-18-12-21(16-23,24(28,8-2)9-3)15-22(13-18,17-23)25(29,10-4)11-5/h18,28-29H,7-17H2,1-6H3. The third-order valence-corrected chi connectivity index (χ3v) is 10.9. The number of esters is 1. The summed E-state index contributed by atoms with van der Waals surface area (Å²) in [7, 11) is 0. The topological polar surface area (TPSA) is 66.8 Å². The molecule has 0 aromatic carbocycles. The maximum absolute atomic E-state index is 13.2. The van der Waals surface area contributed by atoms with Gasteiger partial charge >= 0.3 is 5.97 Å². The summed E-state index contributed by atoms with van der Waals surface area (Å²) in [5.74, 6) is 0.260. The second kappa shape index (κ2) is 7.86. The maximum Gasteiger partial charge on any atom is 0.322 e. The zero-order chi connectivity index (χ0) is 22.6. The fourth-order valence-electron chi connectivity index (χ4n) is 7.95. The third-order valence-electron chi connectivity index (χ3n) is 9.73. The molecule has 4 saturated carbocycles. The first-order valence-electron chi connectivity index (χ1n) is 12.2. The van der Waals surface area contributed by atoms with Crippen molar-refractivity contribution < 1.29 is 19.7 Å². The normalized spacial score (nSPS) is 37.8. The minimum Gasteiger partial charge on any atom is -0.458 e. The molecule has 4 aliphatic rings. The van der Waals surface area contributed by atoms with Gasteiger partial charge < -0.3 is 14.9 Å². The number of alkyl halides is 1. The smallest absolute Gasteiger partial charge is 0.322 e. The number of ether oxygens (including phenoxy) is 1. The van der Waals surface area contributed by atoms with Crippen LogP contribution in [0.25, 0.3) is 0 Å². The SMILES string of the molecule is CCC(C)(I)C(=O)OC12CC3CC(C(O)(CC)CC)(C1)CC(C(O)(CC)CC)(C3)C2. The summed E-state index contributed by atoms with van der Waals surface area (Å²) in [5.41, 5.74) is -2.70. The predicted molar refractivity (Wildman–Crippen MR) is 129 cm³/mol. The number of carbonyl (C=O) groups is 1. The molecule has 0 saturated heterocycles. The minimum absolute atomic E-state index is 0.133. The highest BCUT2D eigenvalue weighted by Gasteiger charge is 2.72. The third kappa shape index (κ3) is 3.48. The van der Waals surface area contributed by atoms with Crippen LogP contribution in [0, 0.1) is 16.7 Å². The Bertz CT molecular complexity index is 630. The molecule has 0 spiro atoms. The van der Waals surface area contributed by atoms with Gasteiger partial charge in [-0.3, -0.25) is 4.79 Å². The van der Waals surface area contributed by atoms with E-state index in [9.17, 15) is 15.0 Å². The van der Waals surface area contributed by atoms with Crippen molar-refractivity contribution in [2.24, 2.45) is 16.7 Å². The number of aliphatic hydroxyl groups is 2. The van der Waals surface area contributed by atoms with Gasteiger partial charge in [0, 0.05) is 10.8 Å². The van der Waals surface area contributed by atoms with Crippen LogP contribution in [0.2, 0.25) is 0 Å². The van der Waals surface area contributed by atoms with Crippen LogP contribution in [0.5, 0.6) is 0 Å². The van der Waals surface area contributed by atoms with Crippen LogP contribution in [0.3, 0.4) is 0 Å². The van der Waals surface area contributed by atoms with Gasteiger partial charge in [0.1, 0.15) is 9.02 Å². The minimum atomic E-state index is -0.782. The molecule has 3 unspecified atom stereocenters. The van der Waals surface area contributed by atoms with E-state index in [2.05, 4.69) is 50.3 Å². The zero-order valence-corrected chi connectivity index (χ0v) is 22.1. The lowest BCUT2D eigenvalue weighted by Crippen LogP contribution is -2.71. The molecule has 174 valence electrons. The molecule has 3 atom stereocenters. The van der Waals surface area contributed by atoms with E-state index in [4.69, 9.17) is 4.74 Å². The highest BCUT2D eigenvalue weighted by atomic mass is 127. The van der Waals surface area contributed by atoms with E-state index in [1.54, 1.807) is 0 Å². The highest BCUT2D eigenvalue weighted by Crippen LogP contribution is 2.74. The van der Waals surface area contributed by atoms with E-state index < -0.39 is 20.2 Å². The Balaban J connectivity index is 2.11. The summed E-state index contributed by atoms with van der Waals surface area (Å²) >= 11 is 2.22. The molecule has 0 amide bonds. The fourth-order valence-corrected chi connectivity index (χ4v) is 8.06. The molecule has 0 aromatic rings. The van der Waals surface area contributed by atoms with Gasteiger partial charge in [0.05, 0.1) is 11.2 Å². The summed E-state index contributed by atoms with van der Waals surface area (Å²) in [6.07, 6.45) is 8.72. The van der Waals surface area contributed by atoms with Crippen molar-refractivity contribution in [1.82, 2.24) is 0 Å². The van der Waals surface area contributed by atoms with Crippen LogP contribution in [0.4, 0.5) is 0 Å². The van der Waals surface area contributed by atoms with Crippen LogP contribution < -0.4 is 0 Å². The van der Waals surface area contributed by atoms with Crippen molar-refractivity contribution in [2.45, 2.75) is 132 Å². The lowest BCUT2D eigenvalue weighted by atomic mass is 9.36. The molecule has 4 bridgehead atoms. The van der Waals surface area contributed by atoms with Crippen molar-refractivity contribution in [3.05, 3.63) is 0 Å². The van der Waals surface area contributed by atoms with Crippen molar-refractivity contribution in [3.63, 3.8) is 0 Å². The van der Waals surface area contributed by atoms with Crippen molar-refractivity contribution in [3.8, 4) is 0 Å². The van der Waals surface area contributed by atoms with Crippen LogP contribution >= 0.6 is 22.6 Å². The van der Waals surface area contributed by atoms with Crippen LogP contribution in [0.15, 0.2) is 0 Å². The summed E-state index contributed by atoms with van der Waals surface area (Å²) in [5, 5.41) is 23.7. The molecule has 2 N–H and O–H groups in total. The fraction of sp³-hybridized carbons (Fsp3) is 0.960. The lowest BCUT2D eigenvalue weighted by molar-refractivity contribution is -0.298. The van der Waals surface area contributed by atoms with Crippen molar-refractivity contribution >= 4 is 28.6 Å². The summed E-state index contributed by atoms with van der Waals surface area (Å²) in [6, 6.07) is 0. The molecule has 4 rings (SSSR count). The molecular formula is C25H43IO4. The number of hydrogen-bond donors (Lipinski definition) is 2. The van der Waals surface area contributed by atoms with Crippen molar-refractivity contribution in [1.29, 1.82) is 0 Å². The second-order valence-corrected chi connectivity index (χ2v) is 13.6. The average molecular weight is 535 g/mol. The number of hydrogen-bond acceptors (Lipinski definition) is 4. The second-order valence-electron chi connectivity index (χ2n) is 11.2. The van der Waals surface area contributed by atoms with Gasteiger partial charge in [-0.1, -0.05) is 57.2 Å². The number of rotatable bonds is 9. The Labute approximate surface area is 197 Å². The van der Waals surface area contributed by atoms with Crippen LogP contribution in [-0.2, 0) is 9.53 Å². The molecule has 5 heteroatoms. The molecule has 0 aliphatic heterocycles. The van der Waals surface area contributed by atoms with E-state index in [1.165, 1.54) is 0 Å². The monoisotopic (exact) mass is 534 g/mol. The van der Waals surface area contributed by atoms with Crippen LogP contribution in [-0.4, -0.2) is 36.4 Å². The summed E-state index contributed by atoms with van der Waals surface area (Å²) in [6.45, 7) is 12.3. The zero-order valence-electron chi connectivity index (χ0n) is 19.9. The van der Waals surface area contributed by atoms with Gasteiger partial charge in [-0.05, 0) is 83.5 Å². The first kappa shape index (κ1) is 24.8. The van der Waals surface area contributed by atoms with E-state index in [-0.39, 0.29) is 16.8 Å². The van der Waals surface area contributed by atoms with Gasteiger partial charge in [0.25, 0.3) is 0 Å². The average Bonchev–Trinajstić information content (AvgIpc) is 2.70. The lowest BCUT2D eigenvalue weighted by Gasteiger charge is -2.72.